The Hall–Kier alpha value is -1.25. The van der Waals surface area contributed by atoms with Crippen LogP contribution in [0, 0.1) is 0 Å². The number of hydrogen-bond acceptors (Lipinski definition) is 2. The molecule has 0 unspecified atom stereocenters. The smallest absolute Gasteiger partial charge is 0.287 e. The van der Waals surface area contributed by atoms with Gasteiger partial charge in [0, 0.05) is 12.1 Å². The summed E-state index contributed by atoms with van der Waals surface area (Å²) in [5.74, 6) is 0.366. The number of carbonyl (C=O) groups excluding carboxylic acids is 1. The van der Waals surface area contributed by atoms with Crippen LogP contribution < -0.4 is 5.32 Å². The molecule has 0 bridgehead atoms. The van der Waals surface area contributed by atoms with Gasteiger partial charge in [-0.15, -0.1) is 0 Å². The van der Waals surface area contributed by atoms with Crippen molar-refractivity contribution < 1.29 is 9.21 Å². The lowest BCUT2D eigenvalue weighted by Gasteiger charge is -1.84. The third kappa shape index (κ3) is 0.483. The van der Waals surface area contributed by atoms with Gasteiger partial charge in [0.25, 0.3) is 5.91 Å². The van der Waals surface area contributed by atoms with E-state index in [0.29, 0.717) is 12.3 Å². The molecule has 0 radical (unpaired) electrons. The number of fused-ring (bicyclic) bond motifs is 1. The predicted molar refractivity (Wildman–Crippen MR) is 29.9 cm³/mol. The standard InChI is InChI=1S/C6H5NO2/c8-6-5-4(3-7-6)1-2-9-5/h1-2H,3H2,(H,7,8). The summed E-state index contributed by atoms with van der Waals surface area (Å²) in [5.41, 5.74) is 0.958. The first-order valence-corrected chi connectivity index (χ1v) is 2.72. The van der Waals surface area contributed by atoms with E-state index in [4.69, 9.17) is 4.42 Å². The molecule has 0 atom stereocenters. The van der Waals surface area contributed by atoms with E-state index in [9.17, 15) is 4.79 Å². The SMILES string of the molecule is O=C1NCc2ccoc21. The van der Waals surface area contributed by atoms with Crippen molar-refractivity contribution in [2.45, 2.75) is 6.54 Å². The zero-order valence-electron chi connectivity index (χ0n) is 4.68. The minimum Gasteiger partial charge on any atom is -0.459 e. The molecule has 0 saturated heterocycles. The maximum absolute atomic E-state index is 10.7. The van der Waals surface area contributed by atoms with Crippen LogP contribution in [0.3, 0.4) is 0 Å². The van der Waals surface area contributed by atoms with Crippen LogP contribution in [0.25, 0.3) is 0 Å². The van der Waals surface area contributed by atoms with Crippen molar-refractivity contribution in [1.82, 2.24) is 5.32 Å². The van der Waals surface area contributed by atoms with Crippen LogP contribution in [0.1, 0.15) is 16.1 Å². The summed E-state index contributed by atoms with van der Waals surface area (Å²) >= 11 is 0. The Morgan fingerprint density at radius 1 is 1.67 bits per heavy atom. The molecule has 0 fully saturated rings. The van der Waals surface area contributed by atoms with Crippen molar-refractivity contribution in [3.63, 3.8) is 0 Å². The molecule has 1 N–H and O–H groups in total. The van der Waals surface area contributed by atoms with Crippen molar-refractivity contribution in [1.29, 1.82) is 0 Å². The Morgan fingerprint density at radius 3 is 3.33 bits per heavy atom. The Bertz CT molecular complexity index is 251. The quantitative estimate of drug-likeness (QED) is 0.546. The summed E-state index contributed by atoms with van der Waals surface area (Å²) in [7, 11) is 0. The molecule has 3 heteroatoms. The number of furan rings is 1. The summed E-state index contributed by atoms with van der Waals surface area (Å²) in [6.07, 6.45) is 1.53. The maximum atomic E-state index is 10.7. The fourth-order valence-corrected chi connectivity index (χ4v) is 0.930. The molecule has 9 heavy (non-hydrogen) atoms. The van der Waals surface area contributed by atoms with Gasteiger partial charge in [-0.25, -0.2) is 0 Å². The van der Waals surface area contributed by atoms with Gasteiger partial charge in [0.15, 0.2) is 5.76 Å². The Kier molecular flexibility index (Phi) is 0.704. The zero-order chi connectivity index (χ0) is 6.27. The number of nitrogens with one attached hydrogen (secondary N) is 1. The van der Waals surface area contributed by atoms with E-state index in [-0.39, 0.29) is 5.91 Å². The van der Waals surface area contributed by atoms with Gasteiger partial charge in [-0.1, -0.05) is 0 Å². The fourth-order valence-electron chi connectivity index (χ4n) is 0.930. The van der Waals surface area contributed by atoms with E-state index >= 15 is 0 Å². The summed E-state index contributed by atoms with van der Waals surface area (Å²) in [4.78, 5) is 10.7. The third-order valence-electron chi connectivity index (χ3n) is 1.39. The first kappa shape index (κ1) is 4.61. The lowest BCUT2D eigenvalue weighted by Crippen LogP contribution is -2.12. The molecule has 46 valence electrons. The monoisotopic (exact) mass is 123 g/mol. The minimum atomic E-state index is -0.102. The van der Waals surface area contributed by atoms with Crippen molar-refractivity contribution in [3.8, 4) is 0 Å². The van der Waals surface area contributed by atoms with E-state index in [0.717, 1.165) is 5.56 Å². The Labute approximate surface area is 51.7 Å². The van der Waals surface area contributed by atoms with Gasteiger partial charge in [-0.3, -0.25) is 4.79 Å². The maximum Gasteiger partial charge on any atom is 0.287 e. The van der Waals surface area contributed by atoms with Crippen LogP contribution in [-0.2, 0) is 6.54 Å². The highest BCUT2D eigenvalue weighted by atomic mass is 16.3. The topological polar surface area (TPSA) is 42.2 Å². The molecule has 0 aliphatic carbocycles. The molecule has 1 aromatic heterocycles. The number of rotatable bonds is 0. The molecule has 3 nitrogen and oxygen atoms in total. The first-order chi connectivity index (χ1) is 4.38. The number of amides is 1. The van der Waals surface area contributed by atoms with Crippen LogP contribution in [0.4, 0.5) is 0 Å². The van der Waals surface area contributed by atoms with E-state index in [1.807, 2.05) is 0 Å². The second-order valence-electron chi connectivity index (χ2n) is 1.96. The normalized spacial score (nSPS) is 15.3. The molecule has 1 amide bonds. The van der Waals surface area contributed by atoms with Crippen molar-refractivity contribution in [2.24, 2.45) is 0 Å². The second kappa shape index (κ2) is 1.37. The summed E-state index contributed by atoms with van der Waals surface area (Å²) in [6.45, 7) is 0.616. The molecule has 2 rings (SSSR count). The summed E-state index contributed by atoms with van der Waals surface area (Å²) < 4.78 is 4.88. The summed E-state index contributed by atoms with van der Waals surface area (Å²) in [5, 5.41) is 2.63. The lowest BCUT2D eigenvalue weighted by atomic mass is 10.3. The average Bonchev–Trinajstić information content (AvgIpc) is 2.35. The van der Waals surface area contributed by atoms with Crippen LogP contribution in [0.5, 0.6) is 0 Å². The Morgan fingerprint density at radius 2 is 2.56 bits per heavy atom. The molecule has 1 aliphatic rings. The molecular formula is C6H5NO2. The van der Waals surface area contributed by atoms with Gasteiger partial charge in [0.1, 0.15) is 0 Å². The Balaban J connectivity index is 2.61. The van der Waals surface area contributed by atoms with Gasteiger partial charge in [0.05, 0.1) is 6.26 Å². The second-order valence-corrected chi connectivity index (χ2v) is 1.96. The molecule has 2 heterocycles. The largest absolute Gasteiger partial charge is 0.459 e. The highest BCUT2D eigenvalue weighted by molar-refractivity contribution is 5.95. The number of carbonyl (C=O) groups is 1. The molecule has 0 saturated carbocycles. The van der Waals surface area contributed by atoms with E-state index in [1.54, 1.807) is 6.07 Å². The van der Waals surface area contributed by atoms with Gasteiger partial charge in [-0.05, 0) is 6.07 Å². The van der Waals surface area contributed by atoms with Crippen LogP contribution in [-0.4, -0.2) is 5.91 Å². The van der Waals surface area contributed by atoms with Crippen molar-refractivity contribution in [3.05, 3.63) is 23.7 Å². The number of hydrogen-bond donors (Lipinski definition) is 1. The van der Waals surface area contributed by atoms with Gasteiger partial charge in [0.2, 0.25) is 0 Å². The van der Waals surface area contributed by atoms with Crippen LogP contribution in [0.2, 0.25) is 0 Å². The molecular weight excluding hydrogens is 118 g/mol. The van der Waals surface area contributed by atoms with E-state index < -0.39 is 0 Å². The van der Waals surface area contributed by atoms with Crippen molar-refractivity contribution in [2.75, 3.05) is 0 Å². The fraction of sp³-hybridized carbons (Fsp3) is 0.167. The highest BCUT2D eigenvalue weighted by Gasteiger charge is 2.21. The van der Waals surface area contributed by atoms with Crippen molar-refractivity contribution >= 4 is 5.91 Å². The van der Waals surface area contributed by atoms with Gasteiger partial charge < -0.3 is 9.73 Å². The minimum absolute atomic E-state index is 0.102. The van der Waals surface area contributed by atoms with E-state index in [2.05, 4.69) is 5.32 Å². The lowest BCUT2D eigenvalue weighted by molar-refractivity contribution is 0.0940. The van der Waals surface area contributed by atoms with E-state index in [1.165, 1.54) is 6.26 Å². The predicted octanol–water partition coefficient (Wildman–Crippen LogP) is 0.523. The first-order valence-electron chi connectivity index (χ1n) is 2.72. The molecule has 1 aromatic rings. The molecule has 1 aliphatic heterocycles. The van der Waals surface area contributed by atoms with Crippen LogP contribution >= 0.6 is 0 Å². The summed E-state index contributed by atoms with van der Waals surface area (Å²) in [6, 6.07) is 1.80. The van der Waals surface area contributed by atoms with Crippen LogP contribution in [0.15, 0.2) is 16.7 Å². The van der Waals surface area contributed by atoms with Gasteiger partial charge in [-0.2, -0.15) is 0 Å². The zero-order valence-corrected chi connectivity index (χ0v) is 4.68. The van der Waals surface area contributed by atoms with Gasteiger partial charge >= 0.3 is 0 Å². The molecule has 0 aromatic carbocycles. The highest BCUT2D eigenvalue weighted by Crippen LogP contribution is 2.14. The molecule has 0 spiro atoms. The third-order valence-corrected chi connectivity index (χ3v) is 1.39. The average molecular weight is 123 g/mol.